The van der Waals surface area contributed by atoms with Gasteiger partial charge in [-0.25, -0.2) is 8.42 Å². The Kier molecular flexibility index (Phi) is 10.8. The first-order chi connectivity index (χ1) is 15.9. The lowest BCUT2D eigenvalue weighted by Crippen LogP contribution is -2.37. The minimum Gasteiger partial charge on any atom is -0.497 e. The van der Waals surface area contributed by atoms with Gasteiger partial charge in [-0.05, 0) is 70.1 Å². The van der Waals surface area contributed by atoms with E-state index in [9.17, 15) is 13.2 Å². The molecular weight excluding hydrogens is 456 g/mol. The van der Waals surface area contributed by atoms with Crippen LogP contribution in [0.4, 0.5) is 0 Å². The highest BCUT2D eigenvalue weighted by Crippen LogP contribution is 2.27. The second-order valence-corrected chi connectivity index (χ2v) is 11.5. The third-order valence-electron chi connectivity index (χ3n) is 6.31. The molecule has 1 amide bonds. The molecule has 0 aliphatic carbocycles. The van der Waals surface area contributed by atoms with Crippen LogP contribution in [0.2, 0.25) is 0 Å². The molecule has 1 aliphatic rings. The molecule has 0 saturated carbocycles. The molecule has 1 aliphatic heterocycles. The van der Waals surface area contributed by atoms with E-state index in [4.69, 9.17) is 9.47 Å². The third kappa shape index (κ3) is 7.91. The number of likely N-dealkylation sites (tertiary alicyclic amines) is 1. The molecule has 0 aromatic heterocycles. The summed E-state index contributed by atoms with van der Waals surface area (Å²) in [6.07, 6.45) is 1.10. The molecule has 1 heterocycles. The van der Waals surface area contributed by atoms with E-state index in [-0.39, 0.29) is 30.6 Å². The third-order valence-corrected chi connectivity index (χ3v) is 8.47. The first-order valence-corrected chi connectivity index (χ1v) is 13.2. The van der Waals surface area contributed by atoms with E-state index in [1.165, 1.54) is 11.4 Å². The van der Waals surface area contributed by atoms with Crippen molar-refractivity contribution in [1.29, 1.82) is 0 Å². The zero-order chi connectivity index (χ0) is 25.5. The molecule has 1 saturated heterocycles. The van der Waals surface area contributed by atoms with Gasteiger partial charge in [-0.15, -0.1) is 0 Å². The molecule has 1 unspecified atom stereocenters. The maximum absolute atomic E-state index is 13.1. The number of aryl methyl sites for hydroxylation is 2. The summed E-state index contributed by atoms with van der Waals surface area (Å²) in [4.78, 5) is 19.1. The Hall–Kier alpha value is -1.72. The van der Waals surface area contributed by atoms with Crippen LogP contribution < -0.4 is 4.74 Å². The van der Waals surface area contributed by atoms with Gasteiger partial charge in [0.2, 0.25) is 15.9 Å². The number of benzene rings is 1. The Labute approximate surface area is 205 Å². The maximum atomic E-state index is 13.1. The van der Waals surface area contributed by atoms with Crippen molar-refractivity contribution in [3.63, 3.8) is 0 Å². The second-order valence-electron chi connectivity index (χ2n) is 9.50. The average molecular weight is 499 g/mol. The smallest absolute Gasteiger partial charge is 0.248 e. The van der Waals surface area contributed by atoms with Crippen molar-refractivity contribution < 1.29 is 22.7 Å². The number of amides is 1. The van der Waals surface area contributed by atoms with Gasteiger partial charge in [0.1, 0.15) is 12.4 Å². The Balaban J connectivity index is 1.77. The molecule has 0 bridgehead atoms. The van der Waals surface area contributed by atoms with E-state index >= 15 is 0 Å². The molecule has 2 rings (SSSR count). The average Bonchev–Trinajstić information content (AvgIpc) is 3.21. The van der Waals surface area contributed by atoms with Crippen molar-refractivity contribution in [2.24, 2.45) is 5.92 Å². The number of carbonyl (C=O) groups excluding carboxylic acids is 1. The molecule has 1 aromatic rings. The lowest BCUT2D eigenvalue weighted by molar-refractivity contribution is -0.135. The van der Waals surface area contributed by atoms with E-state index in [1.807, 2.05) is 0 Å². The largest absolute Gasteiger partial charge is 0.497 e. The minimum atomic E-state index is -3.68. The van der Waals surface area contributed by atoms with E-state index in [2.05, 4.69) is 23.9 Å². The van der Waals surface area contributed by atoms with E-state index in [0.29, 0.717) is 29.3 Å². The first-order valence-electron chi connectivity index (χ1n) is 11.8. The van der Waals surface area contributed by atoms with Crippen LogP contribution in [0.25, 0.3) is 0 Å². The molecule has 0 spiro atoms. The summed E-state index contributed by atoms with van der Waals surface area (Å²) in [6.45, 7) is 8.66. The zero-order valence-corrected chi connectivity index (χ0v) is 22.7. The molecule has 10 heteroatoms. The van der Waals surface area contributed by atoms with Gasteiger partial charge in [-0.2, -0.15) is 4.31 Å². The van der Waals surface area contributed by atoms with Crippen LogP contribution in [0.1, 0.15) is 17.5 Å². The number of carbonyl (C=O) groups is 1. The van der Waals surface area contributed by atoms with Gasteiger partial charge in [-0.3, -0.25) is 4.79 Å². The quantitative estimate of drug-likeness (QED) is 0.379. The Morgan fingerprint density at radius 1 is 1.12 bits per heavy atom. The first kappa shape index (κ1) is 28.5. The Bertz CT molecular complexity index is 899. The van der Waals surface area contributed by atoms with E-state index in [1.54, 1.807) is 45.0 Å². The summed E-state index contributed by atoms with van der Waals surface area (Å²) in [5.74, 6) is 1.02. The standard InChI is InChI=1S/C24H42N4O5S/c1-19-14-22(32-7)15-20(2)24(19)34(30,31)27(6)12-13-33-18-23(29)26(5)16-21-8-9-28(17-21)11-10-25(3)4/h14-15,21H,8-13,16-18H2,1-7H3. The summed E-state index contributed by atoms with van der Waals surface area (Å²) in [5, 5.41) is 0. The van der Waals surface area contributed by atoms with Crippen molar-refractivity contribution in [1.82, 2.24) is 19.0 Å². The van der Waals surface area contributed by atoms with E-state index < -0.39 is 10.0 Å². The van der Waals surface area contributed by atoms with Crippen molar-refractivity contribution in [2.75, 3.05) is 87.8 Å². The Morgan fingerprint density at radius 2 is 1.76 bits per heavy atom. The number of hydrogen-bond donors (Lipinski definition) is 0. The van der Waals surface area contributed by atoms with Gasteiger partial charge in [0.05, 0.1) is 18.6 Å². The number of likely N-dealkylation sites (N-methyl/N-ethyl adjacent to an activating group) is 3. The summed E-state index contributed by atoms with van der Waals surface area (Å²) in [5.41, 5.74) is 1.27. The molecule has 1 aromatic carbocycles. The zero-order valence-electron chi connectivity index (χ0n) is 21.8. The molecular formula is C24H42N4O5S. The van der Waals surface area contributed by atoms with Crippen LogP contribution in [-0.4, -0.2) is 121 Å². The Morgan fingerprint density at radius 3 is 2.35 bits per heavy atom. The fraction of sp³-hybridized carbons (Fsp3) is 0.708. The maximum Gasteiger partial charge on any atom is 0.248 e. The van der Waals surface area contributed by atoms with Gasteiger partial charge in [0.15, 0.2) is 0 Å². The lowest BCUT2D eigenvalue weighted by atomic mass is 10.1. The van der Waals surface area contributed by atoms with Gasteiger partial charge in [0.25, 0.3) is 0 Å². The number of rotatable bonds is 13. The fourth-order valence-electron chi connectivity index (χ4n) is 4.27. The highest BCUT2D eigenvalue weighted by molar-refractivity contribution is 7.89. The second kappa shape index (κ2) is 12.8. The SMILES string of the molecule is COc1cc(C)c(S(=O)(=O)N(C)CCOCC(=O)N(C)CC2CCN(CCN(C)C)C2)c(C)c1. The fourth-order valence-corrected chi connectivity index (χ4v) is 5.83. The number of hydrogen-bond acceptors (Lipinski definition) is 7. The normalized spacial score (nSPS) is 17.0. The number of ether oxygens (including phenoxy) is 2. The number of nitrogens with zero attached hydrogens (tertiary/aromatic N) is 4. The predicted octanol–water partition coefficient (Wildman–Crippen LogP) is 1.29. The van der Waals surface area contributed by atoms with Crippen LogP contribution in [0.5, 0.6) is 5.75 Å². The van der Waals surface area contributed by atoms with Gasteiger partial charge in [-0.1, -0.05) is 0 Å². The monoisotopic (exact) mass is 498 g/mol. The number of methoxy groups -OCH3 is 1. The van der Waals surface area contributed by atoms with Gasteiger partial charge >= 0.3 is 0 Å². The van der Waals surface area contributed by atoms with E-state index in [0.717, 1.165) is 32.6 Å². The van der Waals surface area contributed by atoms with Crippen LogP contribution in [0, 0.1) is 19.8 Å². The lowest BCUT2D eigenvalue weighted by Gasteiger charge is -2.23. The minimum absolute atomic E-state index is 0.0535. The molecule has 9 nitrogen and oxygen atoms in total. The molecule has 34 heavy (non-hydrogen) atoms. The van der Waals surface area contributed by atoms with Crippen LogP contribution >= 0.6 is 0 Å². The number of sulfonamides is 1. The summed E-state index contributed by atoms with van der Waals surface area (Å²) < 4.78 is 38.1. The summed E-state index contributed by atoms with van der Waals surface area (Å²) in [6, 6.07) is 3.43. The van der Waals surface area contributed by atoms with Crippen LogP contribution in [-0.2, 0) is 19.6 Å². The summed E-state index contributed by atoms with van der Waals surface area (Å²) >= 11 is 0. The highest BCUT2D eigenvalue weighted by atomic mass is 32.2. The molecule has 0 N–H and O–H groups in total. The van der Waals surface area contributed by atoms with Crippen LogP contribution in [0.3, 0.4) is 0 Å². The van der Waals surface area contributed by atoms with Gasteiger partial charge < -0.3 is 24.2 Å². The van der Waals surface area contributed by atoms with Crippen molar-refractivity contribution >= 4 is 15.9 Å². The van der Waals surface area contributed by atoms with Crippen molar-refractivity contribution in [2.45, 2.75) is 25.2 Å². The van der Waals surface area contributed by atoms with Crippen molar-refractivity contribution in [3.8, 4) is 5.75 Å². The molecule has 194 valence electrons. The predicted molar refractivity (Wildman–Crippen MR) is 134 cm³/mol. The topological polar surface area (TPSA) is 82.6 Å². The van der Waals surface area contributed by atoms with Crippen molar-refractivity contribution in [3.05, 3.63) is 23.3 Å². The van der Waals surface area contributed by atoms with Gasteiger partial charge in [0, 0.05) is 46.8 Å². The molecule has 1 atom stereocenters. The summed E-state index contributed by atoms with van der Waals surface area (Å²) in [7, 11) is 5.36. The molecule has 0 radical (unpaired) electrons. The molecule has 1 fully saturated rings. The van der Waals surface area contributed by atoms with Crippen LogP contribution in [0.15, 0.2) is 17.0 Å². The highest BCUT2D eigenvalue weighted by Gasteiger charge is 2.26.